The van der Waals surface area contributed by atoms with Gasteiger partial charge in [0.1, 0.15) is 0 Å². The molecule has 3 saturated heterocycles. The van der Waals surface area contributed by atoms with E-state index in [1.54, 1.807) is 21.9 Å². The van der Waals surface area contributed by atoms with E-state index in [-0.39, 0.29) is 32.0 Å². The summed E-state index contributed by atoms with van der Waals surface area (Å²) in [5, 5.41) is 13.2. The lowest BCUT2D eigenvalue weighted by atomic mass is 9.81. The van der Waals surface area contributed by atoms with Crippen LogP contribution in [0.15, 0.2) is 36.4 Å². The molecule has 0 saturated carbocycles. The number of nitrogens with two attached hydrogens (primary N) is 1. The number of likely N-dealkylation sites (N-methyl/N-ethyl adjacent to an activating group) is 1. The largest absolute Gasteiger partial charge is 0.465 e. The summed E-state index contributed by atoms with van der Waals surface area (Å²) >= 11 is 0. The summed E-state index contributed by atoms with van der Waals surface area (Å²) < 4.78 is 84.5. The molecule has 4 heterocycles. The number of fused-ring (bicyclic) bond motifs is 1. The highest BCUT2D eigenvalue weighted by Gasteiger charge is 2.46. The van der Waals surface area contributed by atoms with E-state index in [0.29, 0.717) is 50.2 Å². The van der Waals surface area contributed by atoms with Crippen molar-refractivity contribution >= 4 is 29.4 Å². The van der Waals surface area contributed by atoms with Gasteiger partial charge in [-0.05, 0) is 74.9 Å². The molecular formula is C36H45F6N7O4. The Kier molecular flexibility index (Phi) is 11.1. The van der Waals surface area contributed by atoms with Gasteiger partial charge in [-0.25, -0.2) is 9.59 Å². The first-order chi connectivity index (χ1) is 25.0. The quantitative estimate of drug-likeness (QED) is 0.270. The second-order valence-corrected chi connectivity index (χ2v) is 14.6. The van der Waals surface area contributed by atoms with Gasteiger partial charge < -0.3 is 35.8 Å². The molecule has 3 fully saturated rings. The molecule has 2 aromatic rings. The molecule has 4 N–H and O–H groups in total. The number of piperidine rings is 2. The predicted octanol–water partition coefficient (Wildman–Crippen LogP) is 5.30. The van der Waals surface area contributed by atoms with Crippen molar-refractivity contribution in [2.75, 3.05) is 70.5 Å². The molecule has 6 rings (SSSR count). The van der Waals surface area contributed by atoms with Crippen LogP contribution >= 0.6 is 0 Å². The molecule has 0 aliphatic carbocycles. The first kappa shape index (κ1) is 38.5. The molecule has 0 radical (unpaired) electrons. The Morgan fingerprint density at radius 3 is 2.09 bits per heavy atom. The average Bonchev–Trinajstić information content (AvgIpc) is 3.28. The Labute approximate surface area is 303 Å². The van der Waals surface area contributed by atoms with Gasteiger partial charge >= 0.3 is 24.5 Å². The molecule has 2 aromatic carbocycles. The van der Waals surface area contributed by atoms with Crippen LogP contribution in [0.3, 0.4) is 0 Å². The van der Waals surface area contributed by atoms with Crippen molar-refractivity contribution in [2.45, 2.75) is 69.0 Å². The summed E-state index contributed by atoms with van der Waals surface area (Å²) in [6.45, 7) is 4.31. The minimum Gasteiger partial charge on any atom is -0.465 e. The summed E-state index contributed by atoms with van der Waals surface area (Å²) in [6, 6.07) is 6.39. The average molecular weight is 754 g/mol. The van der Waals surface area contributed by atoms with Gasteiger partial charge in [-0.2, -0.15) is 26.3 Å². The number of benzene rings is 2. The van der Waals surface area contributed by atoms with Crippen LogP contribution in [-0.2, 0) is 30.0 Å². The number of urea groups is 1. The Morgan fingerprint density at radius 1 is 0.887 bits per heavy atom. The van der Waals surface area contributed by atoms with Gasteiger partial charge in [0.2, 0.25) is 5.91 Å². The van der Waals surface area contributed by atoms with E-state index < -0.39 is 77.2 Å². The molecule has 4 aliphatic rings. The fraction of sp³-hybridized carbons (Fsp3) is 0.583. The van der Waals surface area contributed by atoms with E-state index in [4.69, 9.17) is 5.73 Å². The molecule has 4 amide bonds. The van der Waals surface area contributed by atoms with Crippen LogP contribution in [0.5, 0.6) is 0 Å². The topological polar surface area (TPSA) is 126 Å². The molecule has 290 valence electrons. The van der Waals surface area contributed by atoms with Crippen LogP contribution in [0.1, 0.15) is 47.9 Å². The number of rotatable bonds is 6. The number of amides is 4. The van der Waals surface area contributed by atoms with E-state index in [1.165, 1.54) is 0 Å². The van der Waals surface area contributed by atoms with Crippen LogP contribution in [0, 0.1) is 5.92 Å². The Hall–Kier alpha value is -4.25. The van der Waals surface area contributed by atoms with Crippen molar-refractivity contribution < 1.29 is 45.8 Å². The highest BCUT2D eigenvalue weighted by molar-refractivity contribution is 5.91. The molecule has 0 spiro atoms. The molecular weight excluding hydrogens is 708 g/mol. The molecule has 4 aliphatic heterocycles. The van der Waals surface area contributed by atoms with Gasteiger partial charge in [-0.1, -0.05) is 18.2 Å². The number of anilines is 2. The first-order valence-electron chi connectivity index (χ1n) is 17.9. The molecule has 53 heavy (non-hydrogen) atoms. The van der Waals surface area contributed by atoms with Crippen molar-refractivity contribution in [3.8, 4) is 0 Å². The number of hydrogen-bond donors (Lipinski definition) is 3. The second kappa shape index (κ2) is 15.2. The number of alkyl halides is 6. The molecule has 0 bridgehead atoms. The summed E-state index contributed by atoms with van der Waals surface area (Å²) in [4.78, 5) is 49.6. The Bertz CT molecular complexity index is 1640. The fourth-order valence-electron chi connectivity index (χ4n) is 8.43. The summed E-state index contributed by atoms with van der Waals surface area (Å²) in [5.41, 5.74) is 1.69. The molecule has 0 aromatic heterocycles. The standard InChI is InChI=1S/C36H45F6N7O4/c1-45-14-16-46(17-15-45)24-7-10-47(11-8-24)32(50)26(18-22-19-27(35(37,38)39)31(43)28(20-22)36(40,41)42)30-21-25(9-13-49(30)34(52)53)48-12-6-23-4-2-3-5-29(23)44-33(48)51/h2-5,19-20,24-26,30H,6-18,21,43H2,1H3,(H,44,51)(H,52,53)/t25?,26?,30-/m1/s1. The monoisotopic (exact) mass is 753 g/mol. The lowest BCUT2D eigenvalue weighted by Gasteiger charge is -2.46. The van der Waals surface area contributed by atoms with Crippen LogP contribution < -0.4 is 11.1 Å². The van der Waals surface area contributed by atoms with E-state index in [2.05, 4.69) is 15.1 Å². The maximum Gasteiger partial charge on any atom is 0.418 e. The van der Waals surface area contributed by atoms with Crippen molar-refractivity contribution in [2.24, 2.45) is 5.92 Å². The van der Waals surface area contributed by atoms with Crippen molar-refractivity contribution in [3.63, 3.8) is 0 Å². The fourth-order valence-corrected chi connectivity index (χ4v) is 8.43. The molecule has 2 unspecified atom stereocenters. The third-order valence-corrected chi connectivity index (χ3v) is 11.4. The van der Waals surface area contributed by atoms with Gasteiger partial charge in [-0.3, -0.25) is 9.69 Å². The maximum atomic E-state index is 14.6. The lowest BCUT2D eigenvalue weighted by molar-refractivity contribution is -0.141. The van der Waals surface area contributed by atoms with Gasteiger partial charge in [0.15, 0.2) is 0 Å². The smallest absolute Gasteiger partial charge is 0.418 e. The van der Waals surface area contributed by atoms with E-state index in [0.717, 1.165) is 36.6 Å². The van der Waals surface area contributed by atoms with Crippen LogP contribution in [0.4, 0.5) is 47.3 Å². The lowest BCUT2D eigenvalue weighted by Crippen LogP contribution is -2.59. The van der Waals surface area contributed by atoms with Crippen LogP contribution in [0.2, 0.25) is 0 Å². The minimum absolute atomic E-state index is 0.0442. The Balaban J connectivity index is 1.33. The zero-order valence-electron chi connectivity index (χ0n) is 29.4. The van der Waals surface area contributed by atoms with Gasteiger partial charge in [0.05, 0.1) is 22.7 Å². The third kappa shape index (κ3) is 8.45. The molecule has 3 atom stereocenters. The number of hydrogen-bond acceptors (Lipinski definition) is 6. The number of carboxylic acid groups (broad SMARTS) is 1. The third-order valence-electron chi connectivity index (χ3n) is 11.4. The summed E-state index contributed by atoms with van der Waals surface area (Å²) in [5.74, 6) is -1.91. The number of nitrogen functional groups attached to an aromatic ring is 1. The highest BCUT2D eigenvalue weighted by atomic mass is 19.4. The SMILES string of the molecule is CN1CCN(C2CCN(C(=O)C(Cc3cc(C(F)(F)F)c(N)c(C(F)(F)F)c3)[C@H]3CC(N4CCc5ccccc5NC4=O)CCN3C(=O)O)CC2)CC1. The zero-order valence-corrected chi connectivity index (χ0v) is 29.4. The first-order valence-corrected chi connectivity index (χ1v) is 17.9. The number of likely N-dealkylation sites (tertiary alicyclic amines) is 2. The number of nitrogens with one attached hydrogen (secondary N) is 1. The summed E-state index contributed by atoms with van der Waals surface area (Å²) in [7, 11) is 2.05. The highest BCUT2D eigenvalue weighted by Crippen LogP contribution is 2.43. The normalized spacial score (nSPS) is 23.3. The number of para-hydroxylation sites is 1. The number of piperazine rings is 1. The van der Waals surface area contributed by atoms with Crippen LogP contribution in [0.25, 0.3) is 0 Å². The minimum atomic E-state index is -5.23. The predicted molar refractivity (Wildman–Crippen MR) is 184 cm³/mol. The number of carbonyl (C=O) groups excluding carboxylic acids is 2. The van der Waals surface area contributed by atoms with Gasteiger partial charge in [-0.15, -0.1) is 0 Å². The number of carbonyl (C=O) groups is 3. The van der Waals surface area contributed by atoms with E-state index >= 15 is 0 Å². The second-order valence-electron chi connectivity index (χ2n) is 14.6. The van der Waals surface area contributed by atoms with Gasteiger partial charge in [0.25, 0.3) is 0 Å². The number of nitrogens with zero attached hydrogens (tertiary/aromatic N) is 5. The van der Waals surface area contributed by atoms with Gasteiger partial charge in [0, 0.05) is 76.2 Å². The van der Waals surface area contributed by atoms with E-state index in [1.807, 2.05) is 19.2 Å². The summed E-state index contributed by atoms with van der Waals surface area (Å²) in [6.07, 6.45) is -10.5. The zero-order chi connectivity index (χ0) is 38.2. The van der Waals surface area contributed by atoms with Crippen molar-refractivity contribution in [1.82, 2.24) is 24.5 Å². The van der Waals surface area contributed by atoms with E-state index in [9.17, 15) is 45.8 Å². The van der Waals surface area contributed by atoms with Crippen LogP contribution in [-0.4, -0.2) is 125 Å². The number of halogens is 6. The van der Waals surface area contributed by atoms with Crippen molar-refractivity contribution in [1.29, 1.82) is 0 Å². The molecule has 11 nitrogen and oxygen atoms in total. The maximum absolute atomic E-state index is 14.6. The Morgan fingerprint density at radius 2 is 1.49 bits per heavy atom. The van der Waals surface area contributed by atoms with Crippen molar-refractivity contribution in [3.05, 3.63) is 58.7 Å². The molecule has 17 heteroatoms.